The van der Waals surface area contributed by atoms with Gasteiger partial charge in [-0.15, -0.1) is 0 Å². The molecule has 3 aliphatic heterocycles. The Balaban J connectivity index is 1.22. The van der Waals surface area contributed by atoms with Gasteiger partial charge in [-0.2, -0.15) is 0 Å². The fourth-order valence-corrected chi connectivity index (χ4v) is 10.2. The highest BCUT2D eigenvalue weighted by Crippen LogP contribution is 2.48. The van der Waals surface area contributed by atoms with Crippen LogP contribution in [0.4, 0.5) is 0 Å². The molecule has 1 N–H and O–H groups in total. The van der Waals surface area contributed by atoms with Gasteiger partial charge >= 0.3 is 0 Å². The normalized spacial score (nSPS) is 21.6. The van der Waals surface area contributed by atoms with Crippen LogP contribution in [-0.2, 0) is 16.6 Å². The van der Waals surface area contributed by atoms with Crippen molar-refractivity contribution in [1.29, 1.82) is 0 Å². The van der Waals surface area contributed by atoms with Gasteiger partial charge in [0.25, 0.3) is 11.8 Å². The van der Waals surface area contributed by atoms with E-state index in [-0.39, 0.29) is 23.6 Å². The number of rotatable bonds is 9. The van der Waals surface area contributed by atoms with Crippen LogP contribution in [0.15, 0.2) is 42.7 Å². The number of amides is 2. The van der Waals surface area contributed by atoms with Crippen LogP contribution in [0.5, 0.6) is 5.75 Å². The number of ether oxygens (including phenoxy) is 1. The number of sulfonamides is 1. The van der Waals surface area contributed by atoms with E-state index in [9.17, 15) is 18.0 Å². The number of nitrogens with one attached hydrogen (secondary N) is 1. The minimum absolute atomic E-state index is 0.0551. The van der Waals surface area contributed by atoms with Crippen LogP contribution in [0.1, 0.15) is 122 Å². The van der Waals surface area contributed by atoms with Crippen molar-refractivity contribution in [3.8, 4) is 17.0 Å². The molecule has 2 aromatic heterocycles. The Morgan fingerprint density at radius 1 is 0.981 bits per heavy atom. The van der Waals surface area contributed by atoms with Crippen LogP contribution >= 0.6 is 0 Å². The second-order valence-corrected chi connectivity index (χ2v) is 18.5. The van der Waals surface area contributed by atoms with Gasteiger partial charge in [-0.3, -0.25) is 14.5 Å². The predicted molar refractivity (Wildman–Crippen MR) is 210 cm³/mol. The van der Waals surface area contributed by atoms with Crippen molar-refractivity contribution in [2.75, 3.05) is 26.7 Å². The Labute approximate surface area is 317 Å². The highest BCUT2D eigenvalue weighted by atomic mass is 32.2. The maximum absolute atomic E-state index is 14.8. The standard InChI is InChI=1S/C42H50N6O5S/c1-5-45-22-32-20-31(45)23-46(32)42(50)40-38(43-24-48(40)30-12-13-30)29-17-28-18-33(53-4)14-16-34(28)39-37(26-9-7-6-8-10-26)35-15-11-27(19-36(35)47(39)21-29)41(49)44-54(51,52)25(2)3/h11,14-19,24-26,30-32H,5-10,12-13,20-23H2,1-4H3,(H,44,49). The number of piperazine rings is 1. The van der Waals surface area contributed by atoms with Crippen LogP contribution in [0.3, 0.4) is 0 Å². The summed E-state index contributed by atoms with van der Waals surface area (Å²) in [6.07, 6.45) is 12.8. The van der Waals surface area contributed by atoms with E-state index in [1.807, 2.05) is 24.5 Å². The molecule has 0 spiro atoms. The van der Waals surface area contributed by atoms with Crippen molar-refractivity contribution in [3.05, 3.63) is 70.8 Å². The first-order valence-corrected chi connectivity index (χ1v) is 21.3. The minimum Gasteiger partial charge on any atom is -0.497 e. The highest BCUT2D eigenvalue weighted by Gasteiger charge is 2.46. The summed E-state index contributed by atoms with van der Waals surface area (Å²) in [5.41, 5.74) is 7.82. The molecule has 54 heavy (non-hydrogen) atoms. The monoisotopic (exact) mass is 750 g/mol. The summed E-state index contributed by atoms with van der Waals surface area (Å²) >= 11 is 0. The first-order chi connectivity index (χ1) is 26.1. The Morgan fingerprint density at radius 3 is 2.46 bits per heavy atom. The van der Waals surface area contributed by atoms with Gasteiger partial charge in [0, 0.05) is 58.8 Å². The number of likely N-dealkylation sites (N-methyl/N-ethyl adjacent to an activating group) is 1. The zero-order valence-corrected chi connectivity index (χ0v) is 32.5. The topological polar surface area (TPSA) is 119 Å². The van der Waals surface area contributed by atoms with Gasteiger partial charge in [0.15, 0.2) is 0 Å². The Bertz CT molecular complexity index is 2310. The first kappa shape index (κ1) is 35.3. The summed E-state index contributed by atoms with van der Waals surface area (Å²) in [7, 11) is -2.15. The molecule has 2 bridgehead atoms. The van der Waals surface area contributed by atoms with Gasteiger partial charge < -0.3 is 18.8 Å². The lowest BCUT2D eigenvalue weighted by atomic mass is 9.81. The molecular formula is C42H50N6O5S. The smallest absolute Gasteiger partial charge is 0.273 e. The van der Waals surface area contributed by atoms with Crippen LogP contribution in [0.25, 0.3) is 33.8 Å². The lowest BCUT2D eigenvalue weighted by Gasteiger charge is -2.33. The molecule has 11 nitrogen and oxygen atoms in total. The van der Waals surface area contributed by atoms with Crippen molar-refractivity contribution in [2.24, 2.45) is 0 Å². The number of aromatic nitrogens is 3. The van der Waals surface area contributed by atoms with Gasteiger partial charge in [-0.25, -0.2) is 18.1 Å². The second kappa shape index (κ2) is 13.4. The summed E-state index contributed by atoms with van der Waals surface area (Å²) in [6.45, 7) is 8.37. The molecule has 2 saturated heterocycles. The zero-order chi connectivity index (χ0) is 37.5. The number of likely N-dealkylation sites (tertiary alicyclic amines) is 2. The average molecular weight is 751 g/mol. The van der Waals surface area contributed by atoms with Crippen LogP contribution in [0.2, 0.25) is 0 Å². The zero-order valence-electron chi connectivity index (χ0n) is 31.7. The number of carbonyl (C=O) groups excluding carboxylic acids is 2. The highest BCUT2D eigenvalue weighted by molar-refractivity contribution is 7.90. The van der Waals surface area contributed by atoms with Crippen LogP contribution in [0, 0.1) is 0 Å². The third kappa shape index (κ3) is 5.87. The number of allylic oxidation sites excluding steroid dienone is 1. The molecular weight excluding hydrogens is 701 g/mol. The predicted octanol–water partition coefficient (Wildman–Crippen LogP) is 6.84. The lowest BCUT2D eigenvalue weighted by molar-refractivity contribution is 0.0619. The number of carbonyl (C=O) groups is 2. The summed E-state index contributed by atoms with van der Waals surface area (Å²) < 4.78 is 38.0. The van der Waals surface area contributed by atoms with E-state index in [1.54, 1.807) is 27.0 Å². The van der Waals surface area contributed by atoms with E-state index in [2.05, 4.69) is 48.8 Å². The number of nitrogens with zero attached hydrogens (tertiary/aromatic N) is 5. The lowest BCUT2D eigenvalue weighted by Crippen LogP contribution is -2.49. The van der Waals surface area contributed by atoms with E-state index >= 15 is 0 Å². The van der Waals surface area contributed by atoms with Crippen LogP contribution < -0.4 is 9.46 Å². The molecule has 9 rings (SSSR count). The molecule has 4 fully saturated rings. The van der Waals surface area contributed by atoms with Gasteiger partial charge in [-0.05, 0) is 106 Å². The number of hydrogen-bond donors (Lipinski definition) is 1. The van der Waals surface area contributed by atoms with Gasteiger partial charge in [-0.1, -0.05) is 32.3 Å². The maximum Gasteiger partial charge on any atom is 0.273 e. The molecule has 2 aliphatic carbocycles. The van der Waals surface area contributed by atoms with Crippen molar-refractivity contribution in [3.63, 3.8) is 0 Å². The van der Waals surface area contributed by atoms with E-state index < -0.39 is 21.2 Å². The quantitative estimate of drug-likeness (QED) is 0.199. The van der Waals surface area contributed by atoms with Gasteiger partial charge in [0.1, 0.15) is 11.4 Å². The molecule has 5 heterocycles. The fourth-order valence-electron chi connectivity index (χ4n) is 9.59. The number of hydrogen-bond acceptors (Lipinski definition) is 7. The van der Waals surface area contributed by atoms with Crippen LogP contribution in [-0.4, -0.2) is 88.2 Å². The number of fused-ring (bicyclic) bond motifs is 7. The number of benzene rings is 2. The number of imidazole rings is 1. The molecule has 284 valence electrons. The molecule has 12 heteroatoms. The molecule has 2 amide bonds. The third-order valence-corrected chi connectivity index (χ3v) is 14.4. The Kier molecular flexibility index (Phi) is 8.76. The molecule has 0 radical (unpaired) electrons. The third-order valence-electron chi connectivity index (χ3n) is 12.7. The SMILES string of the molecule is CCN1CC2CC1CN2C(=O)c1c(C2=Cc3cc(OC)ccc3-c3c(C4CCCCC4)c4ccc(C(=O)NS(=O)(=O)C(C)C)cc4n3C2)ncn1C1CC1. The summed E-state index contributed by atoms with van der Waals surface area (Å²) in [5, 5.41) is 0.319. The minimum atomic E-state index is -3.83. The maximum atomic E-state index is 14.8. The largest absolute Gasteiger partial charge is 0.497 e. The first-order valence-electron chi connectivity index (χ1n) is 19.8. The molecule has 4 aromatic rings. The fraction of sp³-hybridized carbons (Fsp3) is 0.500. The van der Waals surface area contributed by atoms with Crippen molar-refractivity contribution >= 4 is 44.4 Å². The average Bonchev–Trinajstić information content (AvgIpc) is 3.50. The molecule has 2 aromatic carbocycles. The molecule has 2 unspecified atom stereocenters. The van der Waals surface area contributed by atoms with Crippen molar-refractivity contribution < 1.29 is 22.7 Å². The molecule has 2 atom stereocenters. The number of methoxy groups -OCH3 is 1. The molecule has 2 saturated carbocycles. The van der Waals surface area contributed by atoms with E-state index in [0.29, 0.717) is 29.9 Å². The summed E-state index contributed by atoms with van der Waals surface area (Å²) in [6, 6.07) is 12.7. The Morgan fingerprint density at radius 2 is 1.78 bits per heavy atom. The Hall–Kier alpha value is -4.42. The second-order valence-electron chi connectivity index (χ2n) is 16.2. The van der Waals surface area contributed by atoms with Gasteiger partial charge in [0.05, 0.1) is 36.6 Å². The van der Waals surface area contributed by atoms with Crippen molar-refractivity contribution in [1.82, 2.24) is 28.6 Å². The van der Waals surface area contributed by atoms with E-state index in [4.69, 9.17) is 9.72 Å². The van der Waals surface area contributed by atoms with Gasteiger partial charge in [0.2, 0.25) is 10.0 Å². The summed E-state index contributed by atoms with van der Waals surface area (Å²) in [4.78, 5) is 38.0. The van der Waals surface area contributed by atoms with Crippen molar-refractivity contribution in [2.45, 2.75) is 108 Å². The van der Waals surface area contributed by atoms with E-state index in [1.165, 1.54) is 12.0 Å². The molecule has 5 aliphatic rings. The van der Waals surface area contributed by atoms with E-state index in [0.717, 1.165) is 104 Å². The summed E-state index contributed by atoms with van der Waals surface area (Å²) in [5.74, 6) is 0.480.